The van der Waals surface area contributed by atoms with Crippen molar-refractivity contribution in [2.45, 2.75) is 39.5 Å². The van der Waals surface area contributed by atoms with Gasteiger partial charge in [-0.3, -0.25) is 0 Å². The number of unbranched alkanes of at least 4 members (excludes halogenated alkanes) is 1. The summed E-state index contributed by atoms with van der Waals surface area (Å²) in [6, 6.07) is 13.2. The van der Waals surface area contributed by atoms with Crippen LogP contribution in [0.1, 0.15) is 49.0 Å². The smallest absolute Gasteiger partial charge is 0.338 e. The van der Waals surface area contributed by atoms with Crippen LogP contribution in [-0.2, 0) is 11.2 Å². The highest BCUT2D eigenvalue weighted by Crippen LogP contribution is 2.27. The van der Waals surface area contributed by atoms with Crippen LogP contribution < -0.4 is 19.5 Å². The molecule has 0 heterocycles. The molecule has 0 saturated heterocycles. The summed E-state index contributed by atoms with van der Waals surface area (Å²) in [5.74, 6) is 1.71. The molecule has 0 unspecified atom stereocenters. The maximum absolute atomic E-state index is 11.9. The van der Waals surface area contributed by atoms with Crippen molar-refractivity contribution in [2.24, 2.45) is 0 Å². The molecule has 0 bridgehead atoms. The summed E-state index contributed by atoms with van der Waals surface area (Å²) in [7, 11) is 4.78. The van der Waals surface area contributed by atoms with Crippen molar-refractivity contribution < 1.29 is 23.7 Å². The Labute approximate surface area is 199 Å². The molecule has 0 aliphatic heterocycles. The van der Waals surface area contributed by atoms with Gasteiger partial charge in [-0.15, -0.1) is 12.4 Å². The number of carbonyl (C=O) groups is 1. The number of rotatable bonds is 12. The van der Waals surface area contributed by atoms with E-state index in [4.69, 9.17) is 18.9 Å². The first kappa shape index (κ1) is 29.6. The van der Waals surface area contributed by atoms with Gasteiger partial charge in [0.2, 0.25) is 0 Å². The first-order valence-electron chi connectivity index (χ1n) is 10.8. The standard InChI is InChI=1S/C15H23NO4.C10H14O.ClH/c1-4-16-9-5-6-10-20-15(17)12-7-8-13(18-2)14(11-12)19-3;1-3-4-9-5-7-10(11-2)8-6-9;/h7-8,11,16H,4-6,9-10H2,1-3H3;5-8H,3-4H2,1-2H3;1H. The lowest BCUT2D eigenvalue weighted by atomic mass is 10.1. The van der Waals surface area contributed by atoms with Crippen LogP contribution in [0.25, 0.3) is 0 Å². The van der Waals surface area contributed by atoms with Gasteiger partial charge in [0, 0.05) is 0 Å². The Morgan fingerprint density at radius 3 is 2.12 bits per heavy atom. The zero-order valence-electron chi connectivity index (χ0n) is 19.9. The van der Waals surface area contributed by atoms with Gasteiger partial charge in [-0.05, 0) is 68.2 Å². The minimum absolute atomic E-state index is 0. The van der Waals surface area contributed by atoms with Crippen LogP contribution in [-0.4, -0.2) is 47.0 Å². The Hall–Kier alpha value is -2.44. The molecular formula is C25H38ClNO5. The molecule has 6 nitrogen and oxygen atoms in total. The third-order valence-corrected chi connectivity index (χ3v) is 4.55. The summed E-state index contributed by atoms with van der Waals surface area (Å²) in [6.07, 6.45) is 4.20. The monoisotopic (exact) mass is 467 g/mol. The predicted octanol–water partition coefficient (Wildman–Crippen LogP) is 5.32. The SMILES string of the molecule is CCCc1ccc(OC)cc1.CCNCCCCOC(=O)c1ccc(OC)c(OC)c1.Cl. The van der Waals surface area contributed by atoms with E-state index in [1.54, 1.807) is 32.4 Å². The summed E-state index contributed by atoms with van der Waals surface area (Å²) in [5.41, 5.74) is 1.85. The summed E-state index contributed by atoms with van der Waals surface area (Å²) >= 11 is 0. The molecule has 0 radical (unpaired) electrons. The number of halogens is 1. The minimum Gasteiger partial charge on any atom is -0.497 e. The van der Waals surface area contributed by atoms with Gasteiger partial charge < -0.3 is 24.3 Å². The Morgan fingerprint density at radius 1 is 0.875 bits per heavy atom. The van der Waals surface area contributed by atoms with Crippen molar-refractivity contribution in [1.82, 2.24) is 5.32 Å². The molecule has 2 aromatic rings. The van der Waals surface area contributed by atoms with Crippen LogP contribution >= 0.6 is 12.4 Å². The zero-order chi connectivity index (χ0) is 22.9. The van der Waals surface area contributed by atoms with Crippen molar-refractivity contribution in [3.63, 3.8) is 0 Å². The minimum atomic E-state index is -0.339. The van der Waals surface area contributed by atoms with E-state index in [-0.39, 0.29) is 18.4 Å². The highest BCUT2D eigenvalue weighted by Gasteiger charge is 2.11. The Morgan fingerprint density at radius 2 is 1.56 bits per heavy atom. The van der Waals surface area contributed by atoms with Gasteiger partial charge in [0.25, 0.3) is 0 Å². The van der Waals surface area contributed by atoms with E-state index in [0.29, 0.717) is 23.7 Å². The molecule has 7 heteroatoms. The fourth-order valence-corrected chi connectivity index (χ4v) is 2.82. The van der Waals surface area contributed by atoms with Crippen LogP contribution in [0, 0.1) is 0 Å². The molecule has 0 fully saturated rings. The molecule has 0 aliphatic rings. The molecule has 0 aromatic heterocycles. The molecule has 32 heavy (non-hydrogen) atoms. The van der Waals surface area contributed by atoms with Gasteiger partial charge in [0.05, 0.1) is 33.5 Å². The summed E-state index contributed by atoms with van der Waals surface area (Å²) < 4.78 is 20.5. The molecule has 0 amide bonds. The van der Waals surface area contributed by atoms with Gasteiger partial charge in [0.15, 0.2) is 11.5 Å². The summed E-state index contributed by atoms with van der Waals surface area (Å²) in [5, 5.41) is 3.22. The normalized spacial score (nSPS) is 9.66. The van der Waals surface area contributed by atoms with Crippen LogP contribution in [0.5, 0.6) is 17.2 Å². The van der Waals surface area contributed by atoms with Crippen LogP contribution in [0.3, 0.4) is 0 Å². The zero-order valence-corrected chi connectivity index (χ0v) is 20.8. The number of benzene rings is 2. The molecule has 0 atom stereocenters. The first-order chi connectivity index (χ1) is 15.1. The Balaban J connectivity index is 0.000000679. The lowest BCUT2D eigenvalue weighted by Crippen LogP contribution is -2.15. The van der Waals surface area contributed by atoms with Crippen molar-refractivity contribution in [1.29, 1.82) is 0 Å². The maximum atomic E-state index is 11.9. The Kier molecular flexibility index (Phi) is 16.8. The number of hydrogen-bond acceptors (Lipinski definition) is 6. The first-order valence-corrected chi connectivity index (χ1v) is 10.8. The van der Waals surface area contributed by atoms with Crippen molar-refractivity contribution in [3.8, 4) is 17.2 Å². The molecule has 2 aromatic carbocycles. The molecule has 180 valence electrons. The van der Waals surface area contributed by atoms with Gasteiger partial charge >= 0.3 is 5.97 Å². The number of esters is 1. The second-order valence-corrected chi connectivity index (χ2v) is 6.86. The summed E-state index contributed by atoms with van der Waals surface area (Å²) in [4.78, 5) is 11.9. The predicted molar refractivity (Wildman–Crippen MR) is 132 cm³/mol. The molecule has 0 saturated carbocycles. The summed E-state index contributed by atoms with van der Waals surface area (Å²) in [6.45, 7) is 6.59. The molecule has 0 aliphatic carbocycles. The fraction of sp³-hybridized carbons (Fsp3) is 0.480. The van der Waals surface area contributed by atoms with E-state index in [1.807, 2.05) is 12.1 Å². The van der Waals surface area contributed by atoms with Crippen molar-refractivity contribution in [2.75, 3.05) is 41.0 Å². The van der Waals surface area contributed by atoms with Crippen LogP contribution in [0.4, 0.5) is 0 Å². The number of hydrogen-bond donors (Lipinski definition) is 1. The largest absolute Gasteiger partial charge is 0.497 e. The van der Waals surface area contributed by atoms with E-state index in [9.17, 15) is 4.79 Å². The number of aryl methyl sites for hydroxylation is 1. The number of carbonyl (C=O) groups excluding carboxylic acids is 1. The second kappa shape index (κ2) is 18.2. The number of methoxy groups -OCH3 is 3. The van der Waals surface area contributed by atoms with Gasteiger partial charge in [0.1, 0.15) is 5.75 Å². The average molecular weight is 468 g/mol. The van der Waals surface area contributed by atoms with E-state index < -0.39 is 0 Å². The van der Waals surface area contributed by atoms with Crippen molar-refractivity contribution in [3.05, 3.63) is 53.6 Å². The topological polar surface area (TPSA) is 66.0 Å². The number of nitrogens with one attached hydrogen (secondary N) is 1. The average Bonchev–Trinajstić information content (AvgIpc) is 2.81. The fourth-order valence-electron chi connectivity index (χ4n) is 2.82. The van der Waals surface area contributed by atoms with Gasteiger partial charge in [-0.1, -0.05) is 32.4 Å². The van der Waals surface area contributed by atoms with Gasteiger partial charge in [-0.25, -0.2) is 4.79 Å². The molecular weight excluding hydrogens is 430 g/mol. The maximum Gasteiger partial charge on any atom is 0.338 e. The van der Waals surface area contributed by atoms with Crippen LogP contribution in [0.15, 0.2) is 42.5 Å². The highest BCUT2D eigenvalue weighted by atomic mass is 35.5. The van der Waals surface area contributed by atoms with Crippen molar-refractivity contribution >= 4 is 18.4 Å². The van der Waals surface area contributed by atoms with Crippen LogP contribution in [0.2, 0.25) is 0 Å². The lowest BCUT2D eigenvalue weighted by molar-refractivity contribution is 0.0498. The van der Waals surface area contributed by atoms with Gasteiger partial charge in [-0.2, -0.15) is 0 Å². The quantitative estimate of drug-likeness (QED) is 0.336. The third-order valence-electron chi connectivity index (χ3n) is 4.55. The molecule has 2 rings (SSSR count). The Bertz CT molecular complexity index is 752. The van der Waals surface area contributed by atoms with E-state index in [1.165, 1.54) is 19.1 Å². The van der Waals surface area contributed by atoms with E-state index in [0.717, 1.165) is 38.1 Å². The third kappa shape index (κ3) is 11.3. The highest BCUT2D eigenvalue weighted by molar-refractivity contribution is 5.90. The molecule has 1 N–H and O–H groups in total. The lowest BCUT2D eigenvalue weighted by Gasteiger charge is -2.09. The second-order valence-electron chi connectivity index (χ2n) is 6.86. The number of ether oxygens (including phenoxy) is 4. The molecule has 0 spiro atoms. The van der Waals surface area contributed by atoms with E-state index in [2.05, 4.69) is 31.3 Å². The van der Waals surface area contributed by atoms with E-state index >= 15 is 0 Å².